The highest BCUT2D eigenvalue weighted by Crippen LogP contribution is 2.31. The number of ether oxygens (including phenoxy) is 1. The first-order chi connectivity index (χ1) is 9.19. The molecule has 0 unspecified atom stereocenters. The third-order valence-corrected chi connectivity index (χ3v) is 3.67. The summed E-state index contributed by atoms with van der Waals surface area (Å²) in [7, 11) is 1.62. The van der Waals surface area contributed by atoms with Crippen LogP contribution < -0.4 is 4.74 Å². The van der Waals surface area contributed by atoms with Crippen molar-refractivity contribution in [1.82, 2.24) is 14.6 Å². The number of imidazole rings is 1. The number of hydrogen-bond acceptors (Lipinski definition) is 3. The van der Waals surface area contributed by atoms with Crippen molar-refractivity contribution in [2.75, 3.05) is 7.11 Å². The second kappa shape index (κ2) is 4.94. The van der Waals surface area contributed by atoms with Gasteiger partial charge in [-0.15, -0.1) is 0 Å². The van der Waals surface area contributed by atoms with E-state index in [1.165, 1.54) is 0 Å². The molecule has 3 rings (SSSR count). The number of aromatic nitrogens is 3. The standard InChI is InChI=1S/C13H9Br2N3O/c1-19-13-12(8-2-4-9(14)5-3-8)16-11-7-6-10(15)17-18(11)13/h2-7H,1H3. The molecule has 0 aliphatic heterocycles. The van der Waals surface area contributed by atoms with Gasteiger partial charge in [0, 0.05) is 10.0 Å². The minimum Gasteiger partial charge on any atom is -0.479 e. The predicted octanol–water partition coefficient (Wildman–Crippen LogP) is 3.93. The molecule has 0 atom stereocenters. The molecule has 0 radical (unpaired) electrons. The van der Waals surface area contributed by atoms with Gasteiger partial charge in [0.25, 0.3) is 0 Å². The lowest BCUT2D eigenvalue weighted by atomic mass is 10.2. The van der Waals surface area contributed by atoms with Crippen molar-refractivity contribution in [3.63, 3.8) is 0 Å². The predicted molar refractivity (Wildman–Crippen MR) is 80.4 cm³/mol. The van der Waals surface area contributed by atoms with Gasteiger partial charge in [0.1, 0.15) is 10.3 Å². The fourth-order valence-corrected chi connectivity index (χ4v) is 2.42. The van der Waals surface area contributed by atoms with Gasteiger partial charge in [-0.1, -0.05) is 28.1 Å². The summed E-state index contributed by atoms with van der Waals surface area (Å²) >= 11 is 6.77. The first-order valence-electron chi connectivity index (χ1n) is 5.54. The van der Waals surface area contributed by atoms with Gasteiger partial charge >= 0.3 is 0 Å². The topological polar surface area (TPSA) is 39.4 Å². The lowest BCUT2D eigenvalue weighted by Gasteiger charge is -2.02. The van der Waals surface area contributed by atoms with Gasteiger partial charge in [0.2, 0.25) is 5.88 Å². The van der Waals surface area contributed by atoms with Gasteiger partial charge in [-0.2, -0.15) is 9.61 Å². The first-order valence-corrected chi connectivity index (χ1v) is 7.13. The molecule has 0 spiro atoms. The van der Waals surface area contributed by atoms with Crippen molar-refractivity contribution in [3.8, 4) is 17.1 Å². The molecule has 0 aliphatic rings. The summed E-state index contributed by atoms with van der Waals surface area (Å²) in [5.41, 5.74) is 2.51. The summed E-state index contributed by atoms with van der Waals surface area (Å²) in [6.07, 6.45) is 0. The lowest BCUT2D eigenvalue weighted by molar-refractivity contribution is 0.388. The monoisotopic (exact) mass is 381 g/mol. The van der Waals surface area contributed by atoms with Crippen LogP contribution in [-0.4, -0.2) is 21.7 Å². The van der Waals surface area contributed by atoms with Gasteiger partial charge in [0.15, 0.2) is 5.65 Å². The molecule has 0 saturated carbocycles. The summed E-state index contributed by atoms with van der Waals surface area (Å²) < 4.78 is 8.89. The quantitative estimate of drug-likeness (QED) is 0.674. The van der Waals surface area contributed by atoms with E-state index in [2.05, 4.69) is 41.9 Å². The molecule has 2 aromatic heterocycles. The van der Waals surface area contributed by atoms with Gasteiger partial charge in [-0.25, -0.2) is 4.98 Å². The van der Waals surface area contributed by atoms with E-state index in [-0.39, 0.29) is 0 Å². The molecule has 3 aromatic rings. The zero-order valence-corrected chi connectivity index (χ0v) is 13.1. The minimum absolute atomic E-state index is 0.624. The molecule has 0 N–H and O–H groups in total. The average Bonchev–Trinajstić information content (AvgIpc) is 2.77. The minimum atomic E-state index is 0.624. The lowest BCUT2D eigenvalue weighted by Crippen LogP contribution is -1.96. The summed E-state index contributed by atoms with van der Waals surface area (Å²) in [6.45, 7) is 0. The Bertz CT molecular complexity index is 737. The molecule has 19 heavy (non-hydrogen) atoms. The van der Waals surface area contributed by atoms with Gasteiger partial charge in [0.05, 0.1) is 7.11 Å². The highest BCUT2D eigenvalue weighted by atomic mass is 79.9. The average molecular weight is 383 g/mol. The van der Waals surface area contributed by atoms with Crippen LogP contribution in [0.4, 0.5) is 0 Å². The van der Waals surface area contributed by atoms with Crippen molar-refractivity contribution in [3.05, 3.63) is 45.5 Å². The third kappa shape index (κ3) is 2.26. The van der Waals surface area contributed by atoms with E-state index in [1.807, 2.05) is 36.4 Å². The highest BCUT2D eigenvalue weighted by Gasteiger charge is 2.15. The van der Waals surface area contributed by atoms with E-state index in [0.717, 1.165) is 26.0 Å². The van der Waals surface area contributed by atoms with Crippen LogP contribution in [0.25, 0.3) is 16.9 Å². The molecule has 6 heteroatoms. The van der Waals surface area contributed by atoms with Crippen molar-refractivity contribution < 1.29 is 4.74 Å². The first kappa shape index (κ1) is 12.6. The fourth-order valence-electron chi connectivity index (χ4n) is 1.87. The number of halogens is 2. The second-order valence-corrected chi connectivity index (χ2v) is 5.63. The van der Waals surface area contributed by atoms with E-state index in [4.69, 9.17) is 4.74 Å². The highest BCUT2D eigenvalue weighted by molar-refractivity contribution is 9.10. The van der Waals surface area contributed by atoms with E-state index in [1.54, 1.807) is 11.6 Å². The molecule has 4 nitrogen and oxygen atoms in total. The van der Waals surface area contributed by atoms with Crippen molar-refractivity contribution in [2.45, 2.75) is 0 Å². The molecule has 0 bridgehead atoms. The summed E-state index contributed by atoms with van der Waals surface area (Å²) in [5, 5.41) is 4.35. The zero-order valence-electron chi connectivity index (χ0n) is 9.97. The van der Waals surface area contributed by atoms with Crippen molar-refractivity contribution >= 4 is 37.5 Å². The maximum atomic E-state index is 5.44. The van der Waals surface area contributed by atoms with E-state index >= 15 is 0 Å². The molecule has 1 aromatic carbocycles. The van der Waals surface area contributed by atoms with Gasteiger partial charge in [-0.05, 0) is 40.2 Å². The van der Waals surface area contributed by atoms with Gasteiger partial charge < -0.3 is 4.74 Å². The molecular weight excluding hydrogens is 374 g/mol. The van der Waals surface area contributed by atoms with Crippen LogP contribution in [0, 0.1) is 0 Å². The third-order valence-electron chi connectivity index (χ3n) is 2.71. The number of nitrogens with zero attached hydrogens (tertiary/aromatic N) is 3. The summed E-state index contributed by atoms with van der Waals surface area (Å²) in [5.74, 6) is 0.624. The normalized spacial score (nSPS) is 10.9. The Balaban J connectivity index is 2.25. The molecule has 0 fully saturated rings. The Morgan fingerprint density at radius 3 is 2.47 bits per heavy atom. The van der Waals surface area contributed by atoms with Crippen LogP contribution in [0.15, 0.2) is 45.5 Å². The van der Waals surface area contributed by atoms with Crippen LogP contribution in [0.1, 0.15) is 0 Å². The molecule has 0 amide bonds. The Morgan fingerprint density at radius 1 is 1.05 bits per heavy atom. The molecule has 0 saturated heterocycles. The van der Waals surface area contributed by atoms with E-state index in [9.17, 15) is 0 Å². The maximum Gasteiger partial charge on any atom is 0.243 e. The fraction of sp³-hybridized carbons (Fsp3) is 0.0769. The van der Waals surface area contributed by atoms with E-state index in [0.29, 0.717) is 5.88 Å². The SMILES string of the molecule is COc1c(-c2ccc(Br)cc2)nc2ccc(Br)nn12. The maximum absolute atomic E-state index is 5.44. The largest absolute Gasteiger partial charge is 0.479 e. The number of fused-ring (bicyclic) bond motifs is 1. The Hall–Kier alpha value is -1.40. The Morgan fingerprint density at radius 2 is 1.79 bits per heavy atom. The number of rotatable bonds is 2. The van der Waals surface area contributed by atoms with Crippen LogP contribution in [0.5, 0.6) is 5.88 Å². The Labute approximate surface area is 126 Å². The van der Waals surface area contributed by atoms with Crippen LogP contribution in [0.3, 0.4) is 0 Å². The van der Waals surface area contributed by atoms with E-state index < -0.39 is 0 Å². The van der Waals surface area contributed by atoms with Gasteiger partial charge in [-0.3, -0.25) is 0 Å². The van der Waals surface area contributed by atoms with Crippen LogP contribution in [-0.2, 0) is 0 Å². The zero-order chi connectivity index (χ0) is 13.4. The van der Waals surface area contributed by atoms with Crippen molar-refractivity contribution in [2.24, 2.45) is 0 Å². The number of methoxy groups -OCH3 is 1. The second-order valence-electron chi connectivity index (χ2n) is 3.90. The smallest absolute Gasteiger partial charge is 0.243 e. The number of hydrogen-bond donors (Lipinski definition) is 0. The molecule has 96 valence electrons. The van der Waals surface area contributed by atoms with Crippen LogP contribution in [0.2, 0.25) is 0 Å². The van der Waals surface area contributed by atoms with Crippen LogP contribution >= 0.6 is 31.9 Å². The molecule has 0 aliphatic carbocycles. The number of benzene rings is 1. The molecular formula is C13H9Br2N3O. The summed E-state index contributed by atoms with van der Waals surface area (Å²) in [4.78, 5) is 4.56. The summed E-state index contributed by atoms with van der Waals surface area (Å²) in [6, 6.07) is 11.7. The van der Waals surface area contributed by atoms with Crippen molar-refractivity contribution in [1.29, 1.82) is 0 Å². The Kier molecular flexibility index (Phi) is 3.28. The molecule has 2 heterocycles.